The lowest BCUT2D eigenvalue weighted by molar-refractivity contribution is 0.705. The molecule has 0 aliphatic carbocycles. The van der Waals surface area contributed by atoms with Gasteiger partial charge in [0.05, 0.1) is 0 Å². The highest BCUT2D eigenvalue weighted by molar-refractivity contribution is 5.28. The molecule has 0 fully saturated rings. The van der Waals surface area contributed by atoms with Crippen molar-refractivity contribution in [2.24, 2.45) is 7.05 Å². The molecule has 0 spiro atoms. The van der Waals surface area contributed by atoms with E-state index in [0.717, 1.165) is 5.69 Å². The molecule has 3 heteroatoms. The molecule has 0 unspecified atom stereocenters. The maximum Gasteiger partial charge on any atom is 0.268 e. The zero-order chi connectivity index (χ0) is 10.0. The van der Waals surface area contributed by atoms with Crippen LogP contribution < -0.4 is 5.56 Å². The van der Waals surface area contributed by atoms with Gasteiger partial charge >= 0.3 is 0 Å². The van der Waals surface area contributed by atoms with E-state index in [2.05, 4.69) is 0 Å². The summed E-state index contributed by atoms with van der Waals surface area (Å²) in [6, 6.07) is 5.27. The van der Waals surface area contributed by atoms with Gasteiger partial charge in [-0.1, -0.05) is 13.8 Å². The topological polar surface area (TPSA) is 45.8 Å². The van der Waals surface area contributed by atoms with Crippen LogP contribution in [0.15, 0.2) is 16.9 Å². The van der Waals surface area contributed by atoms with Crippen LogP contribution in [-0.4, -0.2) is 4.57 Å². The summed E-state index contributed by atoms with van der Waals surface area (Å²) in [6.45, 7) is 4.03. The second kappa shape index (κ2) is 3.44. The van der Waals surface area contributed by atoms with Gasteiger partial charge in [0.2, 0.25) is 0 Å². The maximum atomic E-state index is 11.5. The number of hydrogen-bond acceptors (Lipinski definition) is 2. The first-order valence-corrected chi connectivity index (χ1v) is 4.18. The van der Waals surface area contributed by atoms with Gasteiger partial charge in [0.15, 0.2) is 0 Å². The van der Waals surface area contributed by atoms with Gasteiger partial charge in [-0.15, -0.1) is 0 Å². The van der Waals surface area contributed by atoms with Crippen LogP contribution in [0.4, 0.5) is 0 Å². The normalized spacial score (nSPS) is 10.1. The molecule has 0 aromatic carbocycles. The van der Waals surface area contributed by atoms with Crippen LogP contribution >= 0.6 is 0 Å². The Morgan fingerprint density at radius 3 is 2.54 bits per heavy atom. The molecule has 0 atom stereocenters. The zero-order valence-corrected chi connectivity index (χ0v) is 8.03. The van der Waals surface area contributed by atoms with Crippen molar-refractivity contribution in [1.82, 2.24) is 4.57 Å². The minimum atomic E-state index is -0.214. The SMILES string of the molecule is CC(C)c1ccc(C#N)c(=O)n1C. The van der Waals surface area contributed by atoms with Crippen LogP contribution in [-0.2, 0) is 7.05 Å². The van der Waals surface area contributed by atoms with E-state index < -0.39 is 0 Å². The highest BCUT2D eigenvalue weighted by Gasteiger charge is 2.07. The summed E-state index contributed by atoms with van der Waals surface area (Å²) in [5, 5.41) is 8.61. The van der Waals surface area contributed by atoms with Gasteiger partial charge in [0.1, 0.15) is 11.6 Å². The predicted molar refractivity (Wildman–Crippen MR) is 50.5 cm³/mol. The molecule has 0 saturated heterocycles. The number of aromatic nitrogens is 1. The third kappa shape index (κ3) is 1.62. The van der Waals surface area contributed by atoms with Crippen molar-refractivity contribution < 1.29 is 0 Å². The van der Waals surface area contributed by atoms with E-state index in [-0.39, 0.29) is 11.1 Å². The summed E-state index contributed by atoms with van der Waals surface area (Å²) in [7, 11) is 1.69. The van der Waals surface area contributed by atoms with Crippen molar-refractivity contribution in [1.29, 1.82) is 5.26 Å². The first kappa shape index (κ1) is 9.53. The maximum absolute atomic E-state index is 11.5. The molecule has 0 bridgehead atoms. The molecule has 1 aromatic heterocycles. The molecule has 3 nitrogen and oxygen atoms in total. The van der Waals surface area contributed by atoms with Crippen LogP contribution in [0.1, 0.15) is 31.0 Å². The Hall–Kier alpha value is -1.56. The zero-order valence-electron chi connectivity index (χ0n) is 8.03. The Bertz CT molecular complexity index is 410. The van der Waals surface area contributed by atoms with E-state index in [0.29, 0.717) is 5.92 Å². The van der Waals surface area contributed by atoms with Crippen LogP contribution in [0.5, 0.6) is 0 Å². The highest BCUT2D eigenvalue weighted by atomic mass is 16.1. The van der Waals surface area contributed by atoms with Gasteiger partial charge in [-0.05, 0) is 18.1 Å². The van der Waals surface area contributed by atoms with E-state index in [1.165, 1.54) is 4.57 Å². The van der Waals surface area contributed by atoms with Gasteiger partial charge in [-0.25, -0.2) is 0 Å². The van der Waals surface area contributed by atoms with E-state index in [9.17, 15) is 4.79 Å². The molecule has 0 N–H and O–H groups in total. The molecule has 1 aromatic rings. The molecule has 0 aliphatic rings. The molecule has 68 valence electrons. The largest absolute Gasteiger partial charge is 0.314 e. The summed E-state index contributed by atoms with van der Waals surface area (Å²) >= 11 is 0. The first-order chi connectivity index (χ1) is 6.07. The highest BCUT2D eigenvalue weighted by Crippen LogP contribution is 2.11. The third-order valence-corrected chi connectivity index (χ3v) is 2.06. The molecule has 0 saturated carbocycles. The predicted octanol–water partition coefficient (Wildman–Crippen LogP) is 1.38. The van der Waals surface area contributed by atoms with Gasteiger partial charge in [0.25, 0.3) is 5.56 Å². The third-order valence-electron chi connectivity index (χ3n) is 2.06. The van der Waals surface area contributed by atoms with Crippen molar-refractivity contribution in [3.63, 3.8) is 0 Å². The van der Waals surface area contributed by atoms with E-state index >= 15 is 0 Å². The summed E-state index contributed by atoms with van der Waals surface area (Å²) in [5.74, 6) is 0.297. The minimum absolute atomic E-state index is 0.201. The molecule has 0 amide bonds. The number of pyridine rings is 1. The van der Waals surface area contributed by atoms with Crippen molar-refractivity contribution in [2.45, 2.75) is 19.8 Å². The van der Waals surface area contributed by atoms with Crippen LogP contribution in [0.2, 0.25) is 0 Å². The van der Waals surface area contributed by atoms with E-state index in [4.69, 9.17) is 5.26 Å². The van der Waals surface area contributed by atoms with Crippen LogP contribution in [0.3, 0.4) is 0 Å². The second-order valence-corrected chi connectivity index (χ2v) is 3.30. The molecule has 1 heterocycles. The minimum Gasteiger partial charge on any atom is -0.314 e. The Balaban J connectivity index is 3.43. The number of nitrogens with zero attached hydrogens (tertiary/aromatic N) is 2. The Labute approximate surface area is 77.2 Å². The molecule has 13 heavy (non-hydrogen) atoms. The Morgan fingerprint density at radius 2 is 2.08 bits per heavy atom. The summed E-state index contributed by atoms with van der Waals surface area (Å²) in [5.41, 5.74) is 0.935. The van der Waals surface area contributed by atoms with Crippen molar-refractivity contribution in [3.8, 4) is 6.07 Å². The number of hydrogen-bond donors (Lipinski definition) is 0. The molecule has 1 rings (SSSR count). The van der Waals surface area contributed by atoms with Gasteiger partial charge in [-0.3, -0.25) is 4.79 Å². The number of rotatable bonds is 1. The molecule has 0 aliphatic heterocycles. The van der Waals surface area contributed by atoms with Gasteiger partial charge in [-0.2, -0.15) is 5.26 Å². The summed E-state index contributed by atoms with van der Waals surface area (Å²) < 4.78 is 1.53. The lowest BCUT2D eigenvalue weighted by atomic mass is 10.1. The Morgan fingerprint density at radius 1 is 1.46 bits per heavy atom. The average Bonchev–Trinajstić information content (AvgIpc) is 2.09. The number of nitriles is 1. The molecular formula is C10H12N2O. The van der Waals surface area contributed by atoms with Crippen molar-refractivity contribution >= 4 is 0 Å². The van der Waals surface area contributed by atoms with Gasteiger partial charge < -0.3 is 4.57 Å². The second-order valence-electron chi connectivity index (χ2n) is 3.30. The smallest absolute Gasteiger partial charge is 0.268 e. The average molecular weight is 176 g/mol. The molecule has 0 radical (unpaired) electrons. The fourth-order valence-electron chi connectivity index (χ4n) is 1.31. The fraction of sp³-hybridized carbons (Fsp3) is 0.400. The summed E-state index contributed by atoms with van der Waals surface area (Å²) in [6.07, 6.45) is 0. The van der Waals surface area contributed by atoms with E-state index in [1.807, 2.05) is 26.0 Å². The lowest BCUT2D eigenvalue weighted by Gasteiger charge is -2.10. The van der Waals surface area contributed by atoms with Gasteiger partial charge in [0, 0.05) is 12.7 Å². The van der Waals surface area contributed by atoms with E-state index in [1.54, 1.807) is 13.1 Å². The van der Waals surface area contributed by atoms with Crippen LogP contribution in [0, 0.1) is 11.3 Å². The van der Waals surface area contributed by atoms with Crippen LogP contribution in [0.25, 0.3) is 0 Å². The Kier molecular flexibility index (Phi) is 2.52. The summed E-state index contributed by atoms with van der Waals surface area (Å²) in [4.78, 5) is 11.5. The monoisotopic (exact) mass is 176 g/mol. The van der Waals surface area contributed by atoms with Crippen molar-refractivity contribution in [3.05, 3.63) is 33.7 Å². The standard InChI is InChI=1S/C10H12N2O/c1-7(2)9-5-4-8(6-11)10(13)12(9)3/h4-5,7H,1-3H3. The first-order valence-electron chi connectivity index (χ1n) is 4.18. The van der Waals surface area contributed by atoms with Crippen molar-refractivity contribution in [2.75, 3.05) is 0 Å². The fourth-order valence-corrected chi connectivity index (χ4v) is 1.31. The molecular weight excluding hydrogens is 164 g/mol. The lowest BCUT2D eigenvalue weighted by Crippen LogP contribution is -2.23. The quantitative estimate of drug-likeness (QED) is 0.649.